The van der Waals surface area contributed by atoms with Crippen molar-refractivity contribution in [3.05, 3.63) is 64.2 Å². The lowest BCUT2D eigenvalue weighted by molar-refractivity contribution is -0.384. The van der Waals surface area contributed by atoms with Gasteiger partial charge in [0.05, 0.1) is 35.7 Å². The Bertz CT molecular complexity index is 1290. The number of nitro groups is 1. The molecule has 11 heteroatoms. The highest BCUT2D eigenvalue weighted by atomic mass is 16.6. The first kappa shape index (κ1) is 19.1. The van der Waals surface area contributed by atoms with Crippen molar-refractivity contribution in [3.63, 3.8) is 0 Å². The zero-order valence-electron chi connectivity index (χ0n) is 16.4. The standard InChI is InChI=1S/C19H17N7O4/c1-11-13(10-21-24(11)2)16-6-7-20-18-9-15(23-25(16)18)19(27)22-14-5-4-12(26(28)29)8-17(14)30-3/h4-10H,1-3H3,(H,22,27). The molecule has 0 bridgehead atoms. The van der Waals surface area contributed by atoms with Gasteiger partial charge in [-0.25, -0.2) is 9.50 Å². The fraction of sp³-hybridized carbons (Fsp3) is 0.158. The number of amides is 1. The van der Waals surface area contributed by atoms with Crippen LogP contribution < -0.4 is 10.1 Å². The fourth-order valence-corrected chi connectivity index (χ4v) is 3.04. The summed E-state index contributed by atoms with van der Waals surface area (Å²) in [5.41, 5.74) is 3.35. The van der Waals surface area contributed by atoms with Gasteiger partial charge in [0.25, 0.3) is 11.6 Å². The molecule has 4 rings (SSSR count). The summed E-state index contributed by atoms with van der Waals surface area (Å²) in [4.78, 5) is 27.4. The first-order valence-corrected chi connectivity index (χ1v) is 8.86. The molecular weight excluding hydrogens is 390 g/mol. The zero-order chi connectivity index (χ0) is 21.4. The van der Waals surface area contributed by atoms with Gasteiger partial charge in [-0.2, -0.15) is 10.2 Å². The molecule has 0 aliphatic carbocycles. The topological polar surface area (TPSA) is 129 Å². The highest BCUT2D eigenvalue weighted by molar-refractivity contribution is 6.04. The molecule has 1 amide bonds. The monoisotopic (exact) mass is 407 g/mol. The minimum atomic E-state index is -0.538. The Balaban J connectivity index is 1.69. The summed E-state index contributed by atoms with van der Waals surface area (Å²) in [6.45, 7) is 1.94. The number of rotatable bonds is 5. The Morgan fingerprint density at radius 1 is 1.27 bits per heavy atom. The highest BCUT2D eigenvalue weighted by Gasteiger charge is 2.18. The molecule has 1 N–H and O–H groups in total. The number of nitrogens with one attached hydrogen (secondary N) is 1. The van der Waals surface area contributed by atoms with Crippen LogP contribution in [0.1, 0.15) is 16.2 Å². The third-order valence-corrected chi connectivity index (χ3v) is 4.75. The number of carbonyl (C=O) groups is 1. The minimum absolute atomic E-state index is 0.136. The van der Waals surface area contributed by atoms with E-state index in [4.69, 9.17) is 4.74 Å². The van der Waals surface area contributed by atoms with Crippen LogP contribution in [0.25, 0.3) is 16.9 Å². The van der Waals surface area contributed by atoms with Crippen LogP contribution in [0.2, 0.25) is 0 Å². The molecule has 152 valence electrons. The number of benzene rings is 1. The zero-order valence-corrected chi connectivity index (χ0v) is 16.4. The largest absolute Gasteiger partial charge is 0.494 e. The second-order valence-corrected chi connectivity index (χ2v) is 6.49. The maximum absolute atomic E-state index is 12.8. The lowest BCUT2D eigenvalue weighted by atomic mass is 10.2. The molecule has 1 aromatic carbocycles. The Morgan fingerprint density at radius 3 is 2.73 bits per heavy atom. The van der Waals surface area contributed by atoms with E-state index in [2.05, 4.69) is 20.5 Å². The predicted molar refractivity (Wildman–Crippen MR) is 108 cm³/mol. The average Bonchev–Trinajstić information content (AvgIpc) is 3.32. The molecule has 0 fully saturated rings. The number of ether oxygens (including phenoxy) is 1. The van der Waals surface area contributed by atoms with E-state index >= 15 is 0 Å². The van der Waals surface area contributed by atoms with Crippen molar-refractivity contribution in [1.29, 1.82) is 0 Å². The Morgan fingerprint density at radius 2 is 2.07 bits per heavy atom. The molecule has 0 radical (unpaired) electrons. The number of carbonyl (C=O) groups excluding carboxylic acids is 1. The van der Waals surface area contributed by atoms with Crippen LogP contribution >= 0.6 is 0 Å². The van der Waals surface area contributed by atoms with Gasteiger partial charge in [0.1, 0.15) is 5.75 Å². The lowest BCUT2D eigenvalue weighted by Gasteiger charge is -2.08. The first-order valence-electron chi connectivity index (χ1n) is 8.86. The summed E-state index contributed by atoms with van der Waals surface area (Å²) < 4.78 is 8.48. The van der Waals surface area contributed by atoms with Crippen LogP contribution in [-0.4, -0.2) is 42.3 Å². The van der Waals surface area contributed by atoms with Crippen LogP contribution in [0.3, 0.4) is 0 Å². The van der Waals surface area contributed by atoms with E-state index in [-0.39, 0.29) is 17.1 Å². The molecule has 0 saturated carbocycles. The molecule has 3 aromatic heterocycles. The molecule has 0 aliphatic rings. The average molecular weight is 407 g/mol. The second kappa shape index (κ2) is 7.28. The molecule has 3 heterocycles. The number of fused-ring (bicyclic) bond motifs is 1. The van der Waals surface area contributed by atoms with Gasteiger partial charge in [-0.15, -0.1) is 0 Å². The van der Waals surface area contributed by atoms with E-state index in [9.17, 15) is 14.9 Å². The fourth-order valence-electron chi connectivity index (χ4n) is 3.04. The third kappa shape index (κ3) is 3.21. The van der Waals surface area contributed by atoms with Crippen LogP contribution in [0, 0.1) is 17.0 Å². The van der Waals surface area contributed by atoms with Gasteiger partial charge in [-0.3, -0.25) is 19.6 Å². The van der Waals surface area contributed by atoms with Crippen molar-refractivity contribution in [1.82, 2.24) is 24.4 Å². The molecule has 30 heavy (non-hydrogen) atoms. The van der Waals surface area contributed by atoms with Gasteiger partial charge in [0, 0.05) is 36.6 Å². The number of hydrogen-bond acceptors (Lipinski definition) is 7. The first-order chi connectivity index (χ1) is 14.4. The third-order valence-electron chi connectivity index (χ3n) is 4.75. The molecule has 0 aliphatic heterocycles. The maximum Gasteiger partial charge on any atom is 0.276 e. The minimum Gasteiger partial charge on any atom is -0.494 e. The number of nitrogens with zero attached hydrogens (tertiary/aromatic N) is 6. The molecule has 0 spiro atoms. The van der Waals surface area contributed by atoms with Crippen LogP contribution in [0.5, 0.6) is 5.75 Å². The molecule has 0 unspecified atom stereocenters. The summed E-state index contributed by atoms with van der Waals surface area (Å²) in [5, 5.41) is 22.3. The normalized spacial score (nSPS) is 10.9. The summed E-state index contributed by atoms with van der Waals surface area (Å²) in [7, 11) is 3.21. The van der Waals surface area contributed by atoms with Gasteiger partial charge >= 0.3 is 0 Å². The van der Waals surface area contributed by atoms with E-state index in [1.165, 1.54) is 25.3 Å². The Labute approximate surface area is 170 Å². The van der Waals surface area contributed by atoms with Gasteiger partial charge in [-0.1, -0.05) is 0 Å². The number of aryl methyl sites for hydroxylation is 1. The van der Waals surface area contributed by atoms with Gasteiger partial charge < -0.3 is 10.1 Å². The molecule has 11 nitrogen and oxygen atoms in total. The van der Waals surface area contributed by atoms with Gasteiger partial charge in [-0.05, 0) is 19.1 Å². The van der Waals surface area contributed by atoms with Crippen molar-refractivity contribution in [2.75, 3.05) is 12.4 Å². The second-order valence-electron chi connectivity index (χ2n) is 6.49. The van der Waals surface area contributed by atoms with E-state index < -0.39 is 10.8 Å². The molecule has 0 atom stereocenters. The SMILES string of the molecule is COc1cc([N+](=O)[O-])ccc1NC(=O)c1cc2nccc(-c3cnn(C)c3C)n2n1. The van der Waals surface area contributed by atoms with Crippen molar-refractivity contribution < 1.29 is 14.5 Å². The Hall–Kier alpha value is -4.28. The Kier molecular flexibility index (Phi) is 4.62. The van der Waals surface area contributed by atoms with E-state index in [1.807, 2.05) is 14.0 Å². The van der Waals surface area contributed by atoms with Gasteiger partial charge in [0.15, 0.2) is 11.3 Å². The van der Waals surface area contributed by atoms with Crippen molar-refractivity contribution in [2.24, 2.45) is 7.05 Å². The lowest BCUT2D eigenvalue weighted by Crippen LogP contribution is -2.13. The number of aromatic nitrogens is 5. The summed E-state index contributed by atoms with van der Waals surface area (Å²) in [6, 6.07) is 7.29. The van der Waals surface area contributed by atoms with Crippen LogP contribution in [-0.2, 0) is 7.05 Å². The summed E-state index contributed by atoms with van der Waals surface area (Å²) in [6.07, 6.45) is 3.37. The molecule has 0 saturated heterocycles. The van der Waals surface area contributed by atoms with Crippen molar-refractivity contribution in [3.8, 4) is 17.0 Å². The molecular formula is C19H17N7O4. The number of anilines is 1. The van der Waals surface area contributed by atoms with Crippen molar-refractivity contribution >= 4 is 22.9 Å². The van der Waals surface area contributed by atoms with E-state index in [1.54, 1.807) is 33.7 Å². The highest BCUT2D eigenvalue weighted by Crippen LogP contribution is 2.29. The predicted octanol–water partition coefficient (Wildman–Crippen LogP) is 2.61. The van der Waals surface area contributed by atoms with E-state index in [0.29, 0.717) is 11.3 Å². The van der Waals surface area contributed by atoms with Crippen LogP contribution in [0.15, 0.2) is 42.7 Å². The molecule has 4 aromatic rings. The maximum atomic E-state index is 12.8. The summed E-state index contributed by atoms with van der Waals surface area (Å²) >= 11 is 0. The number of methoxy groups -OCH3 is 1. The number of nitro benzene ring substituents is 1. The van der Waals surface area contributed by atoms with Crippen molar-refractivity contribution in [2.45, 2.75) is 6.92 Å². The number of hydrogen-bond donors (Lipinski definition) is 1. The quantitative estimate of drug-likeness (QED) is 0.397. The smallest absolute Gasteiger partial charge is 0.276 e. The van der Waals surface area contributed by atoms with E-state index in [0.717, 1.165) is 17.0 Å². The number of non-ortho nitro benzene ring substituents is 1. The summed E-state index contributed by atoms with van der Waals surface area (Å²) in [5.74, 6) is -0.326. The van der Waals surface area contributed by atoms with Gasteiger partial charge in [0.2, 0.25) is 0 Å². The van der Waals surface area contributed by atoms with Crippen LogP contribution in [0.4, 0.5) is 11.4 Å².